The Hall–Kier alpha value is -2.42. The molecule has 2 aromatic rings. The zero-order valence-electron chi connectivity index (χ0n) is 10.5. The SMILES string of the molecule is O=C(CCc1ccccc1)NC(=O)c1ccccc1. The highest BCUT2D eigenvalue weighted by molar-refractivity contribution is 6.04. The lowest BCUT2D eigenvalue weighted by molar-refractivity contribution is -0.120. The van der Waals surface area contributed by atoms with Crippen molar-refractivity contribution in [3.63, 3.8) is 0 Å². The van der Waals surface area contributed by atoms with E-state index in [0.717, 1.165) is 5.56 Å². The third-order valence-electron chi connectivity index (χ3n) is 2.77. The lowest BCUT2D eigenvalue weighted by Gasteiger charge is -2.04. The summed E-state index contributed by atoms with van der Waals surface area (Å²) >= 11 is 0. The van der Waals surface area contributed by atoms with Gasteiger partial charge in [0, 0.05) is 12.0 Å². The average molecular weight is 253 g/mol. The molecule has 19 heavy (non-hydrogen) atoms. The van der Waals surface area contributed by atoms with Crippen molar-refractivity contribution in [1.29, 1.82) is 0 Å². The van der Waals surface area contributed by atoms with Crippen molar-refractivity contribution in [1.82, 2.24) is 5.32 Å². The molecule has 0 saturated carbocycles. The van der Waals surface area contributed by atoms with Crippen LogP contribution in [0, 0.1) is 0 Å². The van der Waals surface area contributed by atoms with Gasteiger partial charge < -0.3 is 0 Å². The summed E-state index contributed by atoms with van der Waals surface area (Å²) in [6, 6.07) is 18.5. The first-order valence-corrected chi connectivity index (χ1v) is 6.19. The third kappa shape index (κ3) is 4.07. The molecule has 2 aromatic carbocycles. The van der Waals surface area contributed by atoms with Gasteiger partial charge in [-0.1, -0.05) is 48.5 Å². The lowest BCUT2D eigenvalue weighted by Crippen LogP contribution is -2.30. The number of aryl methyl sites for hydroxylation is 1. The van der Waals surface area contributed by atoms with E-state index in [-0.39, 0.29) is 11.8 Å². The number of carbonyl (C=O) groups is 2. The van der Waals surface area contributed by atoms with Crippen molar-refractivity contribution in [2.75, 3.05) is 0 Å². The molecule has 0 atom stereocenters. The van der Waals surface area contributed by atoms with E-state index in [1.54, 1.807) is 24.3 Å². The monoisotopic (exact) mass is 253 g/mol. The molecule has 0 aliphatic heterocycles. The van der Waals surface area contributed by atoms with Crippen LogP contribution < -0.4 is 5.32 Å². The fourth-order valence-corrected chi connectivity index (χ4v) is 1.75. The minimum absolute atomic E-state index is 0.252. The smallest absolute Gasteiger partial charge is 0.257 e. The van der Waals surface area contributed by atoms with Crippen molar-refractivity contribution in [3.05, 3.63) is 71.8 Å². The number of hydrogen-bond donors (Lipinski definition) is 1. The maximum atomic E-state index is 11.7. The van der Waals surface area contributed by atoms with Crippen LogP contribution in [0.15, 0.2) is 60.7 Å². The fraction of sp³-hybridized carbons (Fsp3) is 0.125. The molecule has 0 aromatic heterocycles. The van der Waals surface area contributed by atoms with E-state index in [4.69, 9.17) is 0 Å². The molecule has 2 amide bonds. The van der Waals surface area contributed by atoms with Gasteiger partial charge in [-0.05, 0) is 24.1 Å². The molecule has 3 nitrogen and oxygen atoms in total. The van der Waals surface area contributed by atoms with Gasteiger partial charge >= 0.3 is 0 Å². The Labute approximate surface area is 112 Å². The van der Waals surface area contributed by atoms with Crippen LogP contribution in [0.1, 0.15) is 22.3 Å². The maximum absolute atomic E-state index is 11.7. The normalized spacial score (nSPS) is 9.89. The first kappa shape index (κ1) is 13.0. The minimum atomic E-state index is -0.348. The molecule has 96 valence electrons. The molecule has 0 aliphatic carbocycles. The molecular weight excluding hydrogens is 238 g/mol. The van der Waals surface area contributed by atoms with Gasteiger partial charge in [-0.2, -0.15) is 0 Å². The first-order chi connectivity index (χ1) is 9.25. The van der Waals surface area contributed by atoms with Crippen molar-refractivity contribution < 1.29 is 9.59 Å². The van der Waals surface area contributed by atoms with Crippen molar-refractivity contribution >= 4 is 11.8 Å². The number of benzene rings is 2. The van der Waals surface area contributed by atoms with Crippen LogP contribution in [0.4, 0.5) is 0 Å². The number of imide groups is 1. The standard InChI is InChI=1S/C16H15NO2/c18-15(12-11-13-7-3-1-4-8-13)17-16(19)14-9-5-2-6-10-14/h1-10H,11-12H2,(H,17,18,19). The van der Waals surface area contributed by atoms with Crippen LogP contribution in [0.3, 0.4) is 0 Å². The van der Waals surface area contributed by atoms with E-state index < -0.39 is 0 Å². The summed E-state index contributed by atoms with van der Waals surface area (Å²) < 4.78 is 0. The Bertz CT molecular complexity index is 549. The van der Waals surface area contributed by atoms with E-state index in [0.29, 0.717) is 18.4 Å². The van der Waals surface area contributed by atoms with Gasteiger partial charge in [0.05, 0.1) is 0 Å². The van der Waals surface area contributed by atoms with Gasteiger partial charge in [0.1, 0.15) is 0 Å². The molecule has 0 aliphatic rings. The maximum Gasteiger partial charge on any atom is 0.257 e. The van der Waals surface area contributed by atoms with Crippen LogP contribution in [0.5, 0.6) is 0 Å². The number of rotatable bonds is 4. The van der Waals surface area contributed by atoms with Gasteiger partial charge in [-0.15, -0.1) is 0 Å². The zero-order valence-corrected chi connectivity index (χ0v) is 10.5. The van der Waals surface area contributed by atoms with Gasteiger partial charge in [0.2, 0.25) is 5.91 Å². The highest BCUT2D eigenvalue weighted by Gasteiger charge is 2.09. The van der Waals surface area contributed by atoms with Crippen molar-refractivity contribution in [2.24, 2.45) is 0 Å². The van der Waals surface area contributed by atoms with E-state index >= 15 is 0 Å². The lowest BCUT2D eigenvalue weighted by atomic mass is 10.1. The highest BCUT2D eigenvalue weighted by Crippen LogP contribution is 2.03. The molecule has 0 radical (unpaired) electrons. The van der Waals surface area contributed by atoms with E-state index in [2.05, 4.69) is 5.32 Å². The summed E-state index contributed by atoms with van der Waals surface area (Å²) in [5.41, 5.74) is 1.58. The van der Waals surface area contributed by atoms with E-state index in [9.17, 15) is 9.59 Å². The second-order valence-electron chi connectivity index (χ2n) is 4.23. The molecule has 3 heteroatoms. The van der Waals surface area contributed by atoms with Crippen molar-refractivity contribution in [3.8, 4) is 0 Å². The summed E-state index contributed by atoms with van der Waals surface area (Å²) in [6.45, 7) is 0. The van der Waals surface area contributed by atoms with Crippen molar-refractivity contribution in [2.45, 2.75) is 12.8 Å². The zero-order chi connectivity index (χ0) is 13.5. The Balaban J connectivity index is 1.83. The van der Waals surface area contributed by atoms with Gasteiger partial charge in [0.25, 0.3) is 5.91 Å². The molecule has 0 fully saturated rings. The topological polar surface area (TPSA) is 46.2 Å². The van der Waals surface area contributed by atoms with E-state index in [1.165, 1.54) is 0 Å². The Morgan fingerprint density at radius 2 is 1.42 bits per heavy atom. The molecule has 2 rings (SSSR count). The molecule has 0 unspecified atom stereocenters. The fourth-order valence-electron chi connectivity index (χ4n) is 1.75. The number of hydrogen-bond acceptors (Lipinski definition) is 2. The second-order valence-corrected chi connectivity index (χ2v) is 4.23. The Morgan fingerprint density at radius 3 is 2.05 bits per heavy atom. The van der Waals surface area contributed by atoms with E-state index in [1.807, 2.05) is 36.4 Å². The van der Waals surface area contributed by atoms with Crippen LogP contribution >= 0.6 is 0 Å². The van der Waals surface area contributed by atoms with Crippen LogP contribution in [-0.4, -0.2) is 11.8 Å². The molecule has 0 spiro atoms. The third-order valence-corrected chi connectivity index (χ3v) is 2.77. The van der Waals surface area contributed by atoms with Crippen LogP contribution in [-0.2, 0) is 11.2 Å². The quantitative estimate of drug-likeness (QED) is 0.910. The molecule has 0 heterocycles. The average Bonchev–Trinajstić information content (AvgIpc) is 2.47. The summed E-state index contributed by atoms with van der Waals surface area (Å²) in [4.78, 5) is 23.4. The predicted molar refractivity (Wildman–Crippen MR) is 73.7 cm³/mol. The Morgan fingerprint density at radius 1 is 0.842 bits per heavy atom. The first-order valence-electron chi connectivity index (χ1n) is 6.19. The summed E-state index contributed by atoms with van der Waals surface area (Å²) in [6.07, 6.45) is 0.942. The molecule has 0 saturated heterocycles. The molecule has 1 N–H and O–H groups in total. The second kappa shape index (κ2) is 6.50. The van der Waals surface area contributed by atoms with Gasteiger partial charge in [0.15, 0.2) is 0 Å². The van der Waals surface area contributed by atoms with Crippen LogP contribution in [0.2, 0.25) is 0 Å². The summed E-state index contributed by atoms with van der Waals surface area (Å²) in [5, 5.41) is 2.39. The molecule has 0 bridgehead atoms. The summed E-state index contributed by atoms with van der Waals surface area (Å²) in [7, 11) is 0. The molecular formula is C16H15NO2. The Kier molecular flexibility index (Phi) is 4.45. The van der Waals surface area contributed by atoms with Crippen LogP contribution in [0.25, 0.3) is 0 Å². The minimum Gasteiger partial charge on any atom is -0.292 e. The highest BCUT2D eigenvalue weighted by atomic mass is 16.2. The number of carbonyl (C=O) groups excluding carboxylic acids is 2. The summed E-state index contributed by atoms with van der Waals surface area (Å²) in [5.74, 6) is -0.601. The largest absolute Gasteiger partial charge is 0.292 e. The number of amides is 2. The van der Waals surface area contributed by atoms with Gasteiger partial charge in [-0.3, -0.25) is 14.9 Å². The number of nitrogens with one attached hydrogen (secondary N) is 1. The van der Waals surface area contributed by atoms with Gasteiger partial charge in [-0.25, -0.2) is 0 Å². The predicted octanol–water partition coefficient (Wildman–Crippen LogP) is 2.58.